The average molecular weight is 210 g/mol. The Morgan fingerprint density at radius 2 is 1.93 bits per heavy atom. The highest BCUT2D eigenvalue weighted by Gasteiger charge is 2.10. The molecule has 0 aromatic heterocycles. The predicted octanol–water partition coefficient (Wildman–Crippen LogP) is 3.63. The summed E-state index contributed by atoms with van der Waals surface area (Å²) in [4.78, 5) is 1.21. The molecule has 78 valence electrons. The van der Waals surface area contributed by atoms with E-state index in [4.69, 9.17) is 0 Å². The van der Waals surface area contributed by atoms with Crippen molar-refractivity contribution in [2.75, 3.05) is 0 Å². The largest absolute Gasteiger partial charge is 0.388 e. The molecule has 0 radical (unpaired) electrons. The normalized spacial score (nSPS) is 13.2. The first kappa shape index (κ1) is 11.6. The molecule has 0 fully saturated rings. The van der Waals surface area contributed by atoms with Crippen LogP contribution in [0, 0.1) is 0 Å². The Kier molecular flexibility index (Phi) is 4.49. The van der Waals surface area contributed by atoms with Crippen molar-refractivity contribution in [3.05, 3.63) is 29.8 Å². The lowest BCUT2D eigenvalue weighted by Gasteiger charge is -2.14. The quantitative estimate of drug-likeness (QED) is 0.766. The predicted molar refractivity (Wildman–Crippen MR) is 62.7 cm³/mol. The highest BCUT2D eigenvalue weighted by atomic mass is 32.2. The van der Waals surface area contributed by atoms with Gasteiger partial charge in [0, 0.05) is 10.1 Å². The fourth-order valence-electron chi connectivity index (χ4n) is 1.34. The van der Waals surface area contributed by atoms with Crippen molar-refractivity contribution in [2.45, 2.75) is 43.4 Å². The minimum atomic E-state index is -0.322. The Morgan fingerprint density at radius 3 is 2.50 bits per heavy atom. The van der Waals surface area contributed by atoms with E-state index in [0.29, 0.717) is 5.25 Å². The van der Waals surface area contributed by atoms with Gasteiger partial charge in [-0.3, -0.25) is 0 Å². The van der Waals surface area contributed by atoms with Crippen molar-refractivity contribution >= 4 is 11.8 Å². The fourth-order valence-corrected chi connectivity index (χ4v) is 2.34. The lowest BCUT2D eigenvalue weighted by molar-refractivity contribution is 0.171. The maximum absolute atomic E-state index is 9.81. The van der Waals surface area contributed by atoms with E-state index in [-0.39, 0.29) is 6.10 Å². The number of aliphatic hydroxyl groups excluding tert-OH is 1. The summed E-state index contributed by atoms with van der Waals surface area (Å²) in [5.74, 6) is 0. The maximum atomic E-state index is 9.81. The van der Waals surface area contributed by atoms with Crippen molar-refractivity contribution in [3.63, 3.8) is 0 Å². The first-order chi connectivity index (χ1) is 6.65. The molecule has 0 saturated carbocycles. The zero-order chi connectivity index (χ0) is 10.6. The van der Waals surface area contributed by atoms with Crippen LogP contribution in [0.5, 0.6) is 0 Å². The van der Waals surface area contributed by atoms with E-state index in [9.17, 15) is 5.11 Å². The van der Waals surface area contributed by atoms with Crippen LogP contribution in [-0.4, -0.2) is 10.4 Å². The summed E-state index contributed by atoms with van der Waals surface area (Å²) in [5, 5.41) is 10.4. The minimum absolute atomic E-state index is 0.322. The van der Waals surface area contributed by atoms with Gasteiger partial charge in [0.05, 0.1) is 6.10 Å². The number of hydrogen-bond donors (Lipinski definition) is 1. The number of thioether (sulfide) groups is 1. The molecule has 2 heteroatoms. The second kappa shape index (κ2) is 5.42. The fraction of sp³-hybridized carbons (Fsp3) is 0.500. The number of rotatable bonds is 4. The second-order valence-corrected chi connectivity index (χ2v) is 5.25. The van der Waals surface area contributed by atoms with Crippen LogP contribution in [0.25, 0.3) is 0 Å². The van der Waals surface area contributed by atoms with Gasteiger partial charge in [-0.05, 0) is 18.1 Å². The zero-order valence-corrected chi connectivity index (χ0v) is 9.84. The molecule has 1 rings (SSSR count). The Hall–Kier alpha value is -0.470. The summed E-state index contributed by atoms with van der Waals surface area (Å²) in [6, 6.07) is 8.10. The van der Waals surface area contributed by atoms with Crippen LogP contribution in [0.15, 0.2) is 29.2 Å². The molecule has 1 nitrogen and oxygen atoms in total. The summed E-state index contributed by atoms with van der Waals surface area (Å²) >= 11 is 1.81. The van der Waals surface area contributed by atoms with Gasteiger partial charge in [-0.1, -0.05) is 39.0 Å². The molecule has 1 aromatic rings. The number of aliphatic hydroxyl groups is 1. The van der Waals surface area contributed by atoms with E-state index in [1.165, 1.54) is 4.90 Å². The summed E-state index contributed by atoms with van der Waals surface area (Å²) in [6.45, 7) is 6.33. The molecule has 0 spiro atoms. The maximum Gasteiger partial charge on any atom is 0.0798 e. The smallest absolute Gasteiger partial charge is 0.0798 e. The summed E-state index contributed by atoms with van der Waals surface area (Å²) < 4.78 is 0. The van der Waals surface area contributed by atoms with Crippen molar-refractivity contribution in [3.8, 4) is 0 Å². The first-order valence-electron chi connectivity index (χ1n) is 5.08. The van der Waals surface area contributed by atoms with Crippen LogP contribution in [0.4, 0.5) is 0 Å². The van der Waals surface area contributed by atoms with E-state index < -0.39 is 0 Å². The van der Waals surface area contributed by atoms with Crippen LogP contribution in [-0.2, 0) is 0 Å². The molecule has 0 bridgehead atoms. The third-order valence-electron chi connectivity index (χ3n) is 2.03. The van der Waals surface area contributed by atoms with Gasteiger partial charge in [0.1, 0.15) is 0 Å². The molecule has 0 amide bonds. The third-order valence-corrected chi connectivity index (χ3v) is 3.12. The van der Waals surface area contributed by atoms with Crippen LogP contribution >= 0.6 is 11.8 Å². The Labute approximate surface area is 90.5 Å². The van der Waals surface area contributed by atoms with Gasteiger partial charge in [-0.2, -0.15) is 0 Å². The van der Waals surface area contributed by atoms with Gasteiger partial charge in [0.2, 0.25) is 0 Å². The van der Waals surface area contributed by atoms with Gasteiger partial charge in [-0.25, -0.2) is 0 Å². The second-order valence-electron chi connectivity index (χ2n) is 3.63. The van der Waals surface area contributed by atoms with Crippen molar-refractivity contribution in [1.29, 1.82) is 0 Å². The topological polar surface area (TPSA) is 20.2 Å². The lowest BCUT2D eigenvalue weighted by atomic mass is 10.1. The monoisotopic (exact) mass is 210 g/mol. The molecule has 14 heavy (non-hydrogen) atoms. The molecule has 0 heterocycles. The molecule has 1 N–H and O–H groups in total. The van der Waals surface area contributed by atoms with E-state index in [0.717, 1.165) is 12.0 Å². The summed E-state index contributed by atoms with van der Waals surface area (Å²) in [7, 11) is 0. The van der Waals surface area contributed by atoms with Gasteiger partial charge >= 0.3 is 0 Å². The minimum Gasteiger partial charge on any atom is -0.388 e. The van der Waals surface area contributed by atoms with Crippen LogP contribution in [0.3, 0.4) is 0 Å². The molecule has 1 atom stereocenters. The number of hydrogen-bond acceptors (Lipinski definition) is 2. The van der Waals surface area contributed by atoms with Crippen molar-refractivity contribution in [1.82, 2.24) is 0 Å². The van der Waals surface area contributed by atoms with Gasteiger partial charge in [0.25, 0.3) is 0 Å². The zero-order valence-electron chi connectivity index (χ0n) is 9.03. The third kappa shape index (κ3) is 3.03. The highest BCUT2D eigenvalue weighted by Crippen LogP contribution is 2.31. The Morgan fingerprint density at radius 1 is 1.29 bits per heavy atom. The van der Waals surface area contributed by atoms with Gasteiger partial charge < -0.3 is 5.11 Å². The van der Waals surface area contributed by atoms with E-state index in [2.05, 4.69) is 19.9 Å². The van der Waals surface area contributed by atoms with Crippen LogP contribution in [0.2, 0.25) is 0 Å². The van der Waals surface area contributed by atoms with Crippen molar-refractivity contribution in [2.24, 2.45) is 0 Å². The van der Waals surface area contributed by atoms with Crippen molar-refractivity contribution < 1.29 is 5.11 Å². The van der Waals surface area contributed by atoms with Gasteiger partial charge in [-0.15, -0.1) is 11.8 Å². The van der Waals surface area contributed by atoms with E-state index in [1.807, 2.05) is 36.9 Å². The Bertz CT molecular complexity index is 283. The molecule has 0 aliphatic carbocycles. The van der Waals surface area contributed by atoms with Crippen LogP contribution < -0.4 is 0 Å². The SMILES string of the molecule is CCC(O)c1ccccc1SC(C)C. The molecular formula is C12H18OS. The Balaban J connectivity index is 2.91. The molecule has 1 unspecified atom stereocenters. The van der Waals surface area contributed by atoms with E-state index >= 15 is 0 Å². The average Bonchev–Trinajstić information content (AvgIpc) is 2.16. The molecule has 1 aromatic carbocycles. The van der Waals surface area contributed by atoms with Gasteiger partial charge in [0.15, 0.2) is 0 Å². The molecule has 0 aliphatic rings. The molecule has 0 saturated heterocycles. The molecular weight excluding hydrogens is 192 g/mol. The number of benzene rings is 1. The molecule has 0 aliphatic heterocycles. The standard InChI is InChI=1S/C12H18OS/c1-4-11(13)10-7-5-6-8-12(10)14-9(2)3/h5-9,11,13H,4H2,1-3H3. The lowest BCUT2D eigenvalue weighted by Crippen LogP contribution is -1.98. The summed E-state index contributed by atoms with van der Waals surface area (Å²) in [5.41, 5.74) is 1.06. The van der Waals surface area contributed by atoms with Crippen LogP contribution in [0.1, 0.15) is 38.9 Å². The summed E-state index contributed by atoms with van der Waals surface area (Å²) in [6.07, 6.45) is 0.452. The highest BCUT2D eigenvalue weighted by molar-refractivity contribution is 8.00. The van der Waals surface area contributed by atoms with E-state index in [1.54, 1.807) is 0 Å². The first-order valence-corrected chi connectivity index (χ1v) is 5.96.